The van der Waals surface area contributed by atoms with Gasteiger partial charge in [-0.15, -0.1) is 0 Å². The molecule has 0 saturated carbocycles. The molecule has 0 aliphatic rings. The minimum Gasteiger partial charge on any atom is -0.271 e. The Labute approximate surface area is 70.5 Å². The minimum atomic E-state index is 0.477. The van der Waals surface area contributed by atoms with Crippen LogP contribution in [0.5, 0.6) is 0 Å². The number of hydrazine groups is 1. The summed E-state index contributed by atoms with van der Waals surface area (Å²) in [5.41, 5.74) is 2.90. The van der Waals surface area contributed by atoms with Crippen molar-refractivity contribution in [2.24, 2.45) is 17.7 Å². The number of nitrogens with one attached hydrogen (secondary N) is 1. The lowest BCUT2D eigenvalue weighted by atomic mass is 9.88. The predicted octanol–water partition coefficient (Wildman–Crippen LogP) is 1.91. The quantitative estimate of drug-likeness (QED) is 0.474. The second-order valence-corrected chi connectivity index (χ2v) is 3.46. The molecule has 2 nitrogen and oxygen atoms in total. The fraction of sp³-hybridized carbons (Fsp3) is 1.00. The summed E-state index contributed by atoms with van der Waals surface area (Å²) in [7, 11) is 0. The van der Waals surface area contributed by atoms with E-state index in [4.69, 9.17) is 5.84 Å². The Balaban J connectivity index is 3.92. The lowest BCUT2D eigenvalue weighted by molar-refractivity contribution is 0.275. The third kappa shape index (κ3) is 3.21. The molecular formula is C9H22N2. The van der Waals surface area contributed by atoms with Crippen molar-refractivity contribution < 1.29 is 0 Å². The highest BCUT2D eigenvalue weighted by molar-refractivity contribution is 4.74. The Bertz CT molecular complexity index is 83.6. The summed E-state index contributed by atoms with van der Waals surface area (Å²) in [4.78, 5) is 0. The SMILES string of the molecule is CCC(C)C(NN)C(C)CC. The first-order valence-corrected chi connectivity index (χ1v) is 4.63. The molecule has 0 heterocycles. The second kappa shape index (κ2) is 5.56. The highest BCUT2D eigenvalue weighted by Gasteiger charge is 2.19. The molecule has 0 radical (unpaired) electrons. The molecule has 0 aliphatic carbocycles. The zero-order valence-corrected chi connectivity index (χ0v) is 8.22. The molecule has 3 N–H and O–H groups in total. The van der Waals surface area contributed by atoms with Crippen molar-refractivity contribution in [3.8, 4) is 0 Å². The number of rotatable bonds is 5. The first-order chi connectivity index (χ1) is 5.17. The van der Waals surface area contributed by atoms with Crippen molar-refractivity contribution >= 4 is 0 Å². The largest absolute Gasteiger partial charge is 0.271 e. The van der Waals surface area contributed by atoms with Gasteiger partial charge in [-0.2, -0.15) is 0 Å². The fourth-order valence-corrected chi connectivity index (χ4v) is 1.40. The molecular weight excluding hydrogens is 136 g/mol. The van der Waals surface area contributed by atoms with Gasteiger partial charge in [-0.05, 0) is 11.8 Å². The predicted molar refractivity (Wildman–Crippen MR) is 50.0 cm³/mol. The highest BCUT2D eigenvalue weighted by atomic mass is 15.2. The number of hydrogen-bond acceptors (Lipinski definition) is 2. The Kier molecular flexibility index (Phi) is 5.51. The molecule has 0 aromatic carbocycles. The summed E-state index contributed by atoms with van der Waals surface area (Å²) in [5, 5.41) is 0. The summed E-state index contributed by atoms with van der Waals surface area (Å²) < 4.78 is 0. The molecule has 0 fully saturated rings. The Hall–Kier alpha value is -0.0800. The van der Waals surface area contributed by atoms with Crippen LogP contribution in [-0.4, -0.2) is 6.04 Å². The van der Waals surface area contributed by atoms with E-state index in [-0.39, 0.29) is 0 Å². The molecule has 0 amide bonds. The average Bonchev–Trinajstić information content (AvgIpc) is 2.05. The van der Waals surface area contributed by atoms with E-state index in [9.17, 15) is 0 Å². The van der Waals surface area contributed by atoms with Crippen LogP contribution in [0.2, 0.25) is 0 Å². The van der Waals surface area contributed by atoms with Crippen LogP contribution in [0.25, 0.3) is 0 Å². The summed E-state index contributed by atoms with van der Waals surface area (Å²) in [5.74, 6) is 6.83. The van der Waals surface area contributed by atoms with Gasteiger partial charge in [0.05, 0.1) is 0 Å². The van der Waals surface area contributed by atoms with E-state index in [1.54, 1.807) is 0 Å². The topological polar surface area (TPSA) is 38.0 Å². The molecule has 0 aromatic heterocycles. The molecule has 2 unspecified atom stereocenters. The van der Waals surface area contributed by atoms with Gasteiger partial charge in [-0.25, -0.2) is 0 Å². The summed E-state index contributed by atoms with van der Waals surface area (Å²) in [6.45, 7) is 8.90. The molecule has 0 rings (SSSR count). The standard InChI is InChI=1S/C9H22N2/c1-5-7(3)9(11-10)8(4)6-2/h7-9,11H,5-6,10H2,1-4H3. The van der Waals surface area contributed by atoms with Crippen LogP contribution >= 0.6 is 0 Å². The van der Waals surface area contributed by atoms with Gasteiger partial charge in [0, 0.05) is 6.04 Å². The first-order valence-electron chi connectivity index (χ1n) is 4.63. The molecule has 0 bridgehead atoms. The van der Waals surface area contributed by atoms with Crippen LogP contribution in [0.15, 0.2) is 0 Å². The lowest BCUT2D eigenvalue weighted by Crippen LogP contribution is -2.44. The van der Waals surface area contributed by atoms with E-state index in [0.717, 1.165) is 0 Å². The molecule has 0 spiro atoms. The number of hydrogen-bond donors (Lipinski definition) is 2. The maximum absolute atomic E-state index is 5.48. The second-order valence-electron chi connectivity index (χ2n) is 3.46. The summed E-state index contributed by atoms with van der Waals surface area (Å²) in [6.07, 6.45) is 2.39. The molecule has 0 saturated heterocycles. The van der Waals surface area contributed by atoms with Gasteiger partial charge >= 0.3 is 0 Å². The van der Waals surface area contributed by atoms with Gasteiger partial charge < -0.3 is 0 Å². The van der Waals surface area contributed by atoms with E-state index >= 15 is 0 Å². The molecule has 11 heavy (non-hydrogen) atoms. The van der Waals surface area contributed by atoms with Gasteiger partial charge in [0.25, 0.3) is 0 Å². The Morgan fingerprint density at radius 1 is 1.09 bits per heavy atom. The van der Waals surface area contributed by atoms with Crippen molar-refractivity contribution in [2.45, 2.75) is 46.6 Å². The van der Waals surface area contributed by atoms with Gasteiger partial charge in [0.2, 0.25) is 0 Å². The monoisotopic (exact) mass is 158 g/mol. The van der Waals surface area contributed by atoms with E-state index < -0.39 is 0 Å². The minimum absolute atomic E-state index is 0.477. The third-order valence-electron chi connectivity index (χ3n) is 2.71. The Morgan fingerprint density at radius 2 is 1.45 bits per heavy atom. The zero-order valence-electron chi connectivity index (χ0n) is 8.22. The van der Waals surface area contributed by atoms with Crippen LogP contribution in [0.3, 0.4) is 0 Å². The molecule has 68 valence electrons. The molecule has 2 heteroatoms. The van der Waals surface area contributed by atoms with Crippen molar-refractivity contribution in [3.63, 3.8) is 0 Å². The van der Waals surface area contributed by atoms with E-state index in [2.05, 4.69) is 33.1 Å². The van der Waals surface area contributed by atoms with Crippen LogP contribution in [0, 0.1) is 11.8 Å². The maximum atomic E-state index is 5.48. The molecule has 0 aromatic rings. The number of nitrogens with two attached hydrogens (primary N) is 1. The highest BCUT2D eigenvalue weighted by Crippen LogP contribution is 2.17. The first kappa shape index (κ1) is 10.9. The lowest BCUT2D eigenvalue weighted by Gasteiger charge is -2.27. The van der Waals surface area contributed by atoms with Crippen molar-refractivity contribution in [2.75, 3.05) is 0 Å². The van der Waals surface area contributed by atoms with Crippen molar-refractivity contribution in [1.82, 2.24) is 5.43 Å². The van der Waals surface area contributed by atoms with E-state index in [1.807, 2.05) is 0 Å². The van der Waals surface area contributed by atoms with Crippen LogP contribution in [0.4, 0.5) is 0 Å². The van der Waals surface area contributed by atoms with Crippen molar-refractivity contribution in [1.29, 1.82) is 0 Å². The third-order valence-corrected chi connectivity index (χ3v) is 2.71. The van der Waals surface area contributed by atoms with Gasteiger partial charge in [-0.3, -0.25) is 11.3 Å². The van der Waals surface area contributed by atoms with E-state index in [0.29, 0.717) is 17.9 Å². The zero-order chi connectivity index (χ0) is 8.85. The van der Waals surface area contributed by atoms with Gasteiger partial charge in [-0.1, -0.05) is 40.5 Å². The van der Waals surface area contributed by atoms with Crippen LogP contribution in [0.1, 0.15) is 40.5 Å². The van der Waals surface area contributed by atoms with Crippen LogP contribution in [-0.2, 0) is 0 Å². The maximum Gasteiger partial charge on any atom is 0.0261 e. The normalized spacial score (nSPS) is 19.4. The van der Waals surface area contributed by atoms with E-state index in [1.165, 1.54) is 12.8 Å². The smallest absolute Gasteiger partial charge is 0.0261 e. The summed E-state index contributed by atoms with van der Waals surface area (Å²) >= 11 is 0. The summed E-state index contributed by atoms with van der Waals surface area (Å²) in [6, 6.07) is 0.477. The van der Waals surface area contributed by atoms with Crippen LogP contribution < -0.4 is 11.3 Å². The molecule has 2 atom stereocenters. The fourth-order valence-electron chi connectivity index (χ4n) is 1.40. The Morgan fingerprint density at radius 3 is 1.64 bits per heavy atom. The molecule has 0 aliphatic heterocycles. The van der Waals surface area contributed by atoms with Gasteiger partial charge in [0.15, 0.2) is 0 Å². The average molecular weight is 158 g/mol. The van der Waals surface area contributed by atoms with Gasteiger partial charge in [0.1, 0.15) is 0 Å². The van der Waals surface area contributed by atoms with Crippen molar-refractivity contribution in [3.05, 3.63) is 0 Å².